The van der Waals surface area contributed by atoms with E-state index in [1.807, 2.05) is 36.4 Å². The number of phenolic OH excluding ortho intramolecular Hbond substituents is 1. The molecule has 1 atom stereocenters. The number of phenols is 1. The van der Waals surface area contributed by atoms with Crippen LogP contribution in [0, 0.1) is 0 Å². The molecule has 5 heteroatoms. The summed E-state index contributed by atoms with van der Waals surface area (Å²) in [5, 5.41) is 10.7. The van der Waals surface area contributed by atoms with Crippen molar-refractivity contribution in [1.82, 2.24) is 4.90 Å². The molecule has 1 aliphatic heterocycles. The van der Waals surface area contributed by atoms with Gasteiger partial charge in [-0.25, -0.2) is 0 Å². The van der Waals surface area contributed by atoms with Crippen LogP contribution < -0.4 is 0 Å². The number of para-hydroxylation sites is 1. The first kappa shape index (κ1) is 18.7. The van der Waals surface area contributed by atoms with Crippen molar-refractivity contribution < 1.29 is 14.6 Å². The molecule has 1 amide bonds. The van der Waals surface area contributed by atoms with E-state index < -0.39 is 0 Å². The van der Waals surface area contributed by atoms with Crippen molar-refractivity contribution in [3.63, 3.8) is 0 Å². The number of hydrogen-bond donors (Lipinski definition) is 1. The van der Waals surface area contributed by atoms with Gasteiger partial charge in [0.2, 0.25) is 5.91 Å². The second-order valence-corrected chi connectivity index (χ2v) is 7.04. The first-order valence-corrected chi connectivity index (χ1v) is 9.41. The fraction of sp³-hybridized carbons (Fsp3) is 0.381. The van der Waals surface area contributed by atoms with Crippen LogP contribution in [0.3, 0.4) is 0 Å². The number of nitrogens with zero attached hydrogens (tertiary/aromatic N) is 1. The Morgan fingerprint density at radius 2 is 1.88 bits per heavy atom. The predicted octanol–water partition coefficient (Wildman–Crippen LogP) is 4.19. The minimum absolute atomic E-state index is 0.0451. The zero-order valence-electron chi connectivity index (χ0n) is 14.7. The molecule has 1 fully saturated rings. The molecule has 0 spiro atoms. The van der Waals surface area contributed by atoms with Gasteiger partial charge in [-0.15, -0.1) is 0 Å². The number of halogens is 1. The van der Waals surface area contributed by atoms with Crippen molar-refractivity contribution in [2.45, 2.75) is 38.3 Å². The summed E-state index contributed by atoms with van der Waals surface area (Å²) in [5.41, 5.74) is 1.72. The molecule has 0 bridgehead atoms. The van der Waals surface area contributed by atoms with Crippen molar-refractivity contribution in [2.24, 2.45) is 0 Å². The van der Waals surface area contributed by atoms with Crippen LogP contribution in [0.4, 0.5) is 0 Å². The summed E-state index contributed by atoms with van der Waals surface area (Å²) in [6, 6.07) is 14.7. The van der Waals surface area contributed by atoms with Gasteiger partial charge in [0.05, 0.1) is 6.10 Å². The minimum Gasteiger partial charge on any atom is -0.508 e. The molecule has 2 aromatic carbocycles. The largest absolute Gasteiger partial charge is 0.508 e. The lowest BCUT2D eigenvalue weighted by Crippen LogP contribution is -2.37. The third kappa shape index (κ3) is 4.99. The highest BCUT2D eigenvalue weighted by Crippen LogP contribution is 2.22. The molecule has 0 aromatic heterocycles. The quantitative estimate of drug-likeness (QED) is 0.791. The van der Waals surface area contributed by atoms with E-state index >= 15 is 0 Å². The zero-order valence-corrected chi connectivity index (χ0v) is 15.5. The number of benzene rings is 2. The number of carbonyl (C=O) groups excluding carboxylic acids is 1. The smallest absolute Gasteiger partial charge is 0.223 e. The molecule has 3 rings (SSSR count). The van der Waals surface area contributed by atoms with Gasteiger partial charge in [-0.05, 0) is 37.0 Å². The predicted molar refractivity (Wildman–Crippen MR) is 102 cm³/mol. The van der Waals surface area contributed by atoms with Gasteiger partial charge < -0.3 is 14.7 Å². The van der Waals surface area contributed by atoms with Gasteiger partial charge >= 0.3 is 0 Å². The van der Waals surface area contributed by atoms with Crippen molar-refractivity contribution in [2.75, 3.05) is 13.2 Å². The van der Waals surface area contributed by atoms with Crippen molar-refractivity contribution in [3.05, 3.63) is 64.7 Å². The average molecular weight is 374 g/mol. The summed E-state index contributed by atoms with van der Waals surface area (Å²) >= 11 is 6.20. The monoisotopic (exact) mass is 373 g/mol. The Bertz CT molecular complexity index is 744. The number of amides is 1. The Morgan fingerprint density at radius 3 is 2.58 bits per heavy atom. The van der Waals surface area contributed by atoms with E-state index in [-0.39, 0.29) is 17.8 Å². The van der Waals surface area contributed by atoms with Crippen LogP contribution in [0.25, 0.3) is 0 Å². The Labute approximate surface area is 159 Å². The maximum atomic E-state index is 12.9. The molecule has 2 aromatic rings. The van der Waals surface area contributed by atoms with Crippen LogP contribution in [-0.2, 0) is 22.5 Å². The summed E-state index contributed by atoms with van der Waals surface area (Å²) < 4.78 is 5.71. The van der Waals surface area contributed by atoms with Gasteiger partial charge in [0.15, 0.2) is 0 Å². The van der Waals surface area contributed by atoms with E-state index in [2.05, 4.69) is 0 Å². The van der Waals surface area contributed by atoms with E-state index in [1.54, 1.807) is 17.0 Å². The normalized spacial score (nSPS) is 16.6. The zero-order chi connectivity index (χ0) is 18.4. The lowest BCUT2D eigenvalue weighted by Gasteiger charge is -2.26. The van der Waals surface area contributed by atoms with Crippen LogP contribution in [0.15, 0.2) is 48.5 Å². The van der Waals surface area contributed by atoms with Crippen molar-refractivity contribution in [1.29, 1.82) is 0 Å². The van der Waals surface area contributed by atoms with E-state index in [9.17, 15) is 9.90 Å². The Hall–Kier alpha value is -2.04. The highest BCUT2D eigenvalue weighted by Gasteiger charge is 2.23. The molecule has 0 saturated carbocycles. The second-order valence-electron chi connectivity index (χ2n) is 6.63. The number of hydrogen-bond acceptors (Lipinski definition) is 3. The van der Waals surface area contributed by atoms with Crippen LogP contribution in [-0.4, -0.2) is 35.2 Å². The van der Waals surface area contributed by atoms with Gasteiger partial charge in [-0.3, -0.25) is 4.79 Å². The number of ether oxygens (including phenoxy) is 1. The maximum absolute atomic E-state index is 12.9. The van der Waals surface area contributed by atoms with E-state index in [0.717, 1.165) is 30.6 Å². The first-order chi connectivity index (χ1) is 12.6. The summed E-state index contributed by atoms with van der Waals surface area (Å²) in [5.74, 6) is 0.257. The molecule has 1 unspecified atom stereocenters. The molecule has 1 aliphatic rings. The van der Waals surface area contributed by atoms with Gasteiger partial charge in [-0.2, -0.15) is 0 Å². The van der Waals surface area contributed by atoms with Crippen LogP contribution >= 0.6 is 11.6 Å². The van der Waals surface area contributed by atoms with Crippen LogP contribution in [0.2, 0.25) is 5.02 Å². The molecule has 0 aliphatic carbocycles. The van der Waals surface area contributed by atoms with Gasteiger partial charge in [0, 0.05) is 36.7 Å². The highest BCUT2D eigenvalue weighted by atomic mass is 35.5. The lowest BCUT2D eigenvalue weighted by atomic mass is 10.1. The number of aryl methyl sites for hydroxylation is 1. The molecule has 138 valence electrons. The summed E-state index contributed by atoms with van der Waals surface area (Å²) in [7, 11) is 0. The average Bonchev–Trinajstić information content (AvgIpc) is 3.15. The Morgan fingerprint density at radius 1 is 1.15 bits per heavy atom. The maximum Gasteiger partial charge on any atom is 0.223 e. The number of aromatic hydroxyl groups is 1. The topological polar surface area (TPSA) is 49.8 Å². The number of rotatable bonds is 7. The van der Waals surface area contributed by atoms with Gasteiger partial charge in [0.25, 0.3) is 0 Å². The summed E-state index contributed by atoms with van der Waals surface area (Å²) in [6.07, 6.45) is 3.05. The molecule has 26 heavy (non-hydrogen) atoms. The first-order valence-electron chi connectivity index (χ1n) is 9.03. The molecule has 4 nitrogen and oxygen atoms in total. The van der Waals surface area contributed by atoms with Gasteiger partial charge in [-0.1, -0.05) is 48.0 Å². The Balaban J connectivity index is 1.68. The molecular weight excluding hydrogens is 350 g/mol. The third-order valence-electron chi connectivity index (χ3n) is 4.72. The Kier molecular flexibility index (Phi) is 6.53. The molecule has 1 heterocycles. The van der Waals surface area contributed by atoms with E-state index in [4.69, 9.17) is 16.3 Å². The minimum atomic E-state index is 0.0451. The van der Waals surface area contributed by atoms with Crippen molar-refractivity contribution in [3.8, 4) is 5.75 Å². The van der Waals surface area contributed by atoms with Crippen LogP contribution in [0.1, 0.15) is 30.4 Å². The fourth-order valence-electron chi connectivity index (χ4n) is 3.24. The molecule has 0 radical (unpaired) electrons. The number of carbonyl (C=O) groups is 1. The summed E-state index contributed by atoms with van der Waals surface area (Å²) in [6.45, 7) is 1.69. The third-order valence-corrected chi connectivity index (χ3v) is 5.09. The highest BCUT2D eigenvalue weighted by molar-refractivity contribution is 6.31. The molecular formula is C21H24ClNO3. The molecule has 1 N–H and O–H groups in total. The fourth-order valence-corrected chi connectivity index (χ4v) is 3.47. The van der Waals surface area contributed by atoms with E-state index in [1.165, 1.54) is 0 Å². The second kappa shape index (κ2) is 9.06. The van der Waals surface area contributed by atoms with Gasteiger partial charge in [0.1, 0.15) is 5.75 Å². The van der Waals surface area contributed by atoms with Crippen LogP contribution in [0.5, 0.6) is 5.75 Å². The lowest BCUT2D eigenvalue weighted by molar-refractivity contribution is -0.133. The van der Waals surface area contributed by atoms with Crippen molar-refractivity contribution >= 4 is 17.5 Å². The SMILES string of the molecule is O=C(CCc1ccccc1Cl)N(Cc1ccccc1O)CC1CCCO1. The van der Waals surface area contributed by atoms with E-state index in [0.29, 0.717) is 31.0 Å². The summed E-state index contributed by atoms with van der Waals surface area (Å²) in [4.78, 5) is 14.7. The standard InChI is InChI=1S/C21H24ClNO3/c22-19-9-3-1-6-16(19)11-12-21(25)23(15-18-8-5-13-26-18)14-17-7-2-4-10-20(17)24/h1-4,6-7,9-10,18,24H,5,8,11-15H2. The molecule has 1 saturated heterocycles.